The van der Waals surface area contributed by atoms with Crippen LogP contribution in [0.15, 0.2) is 81.3 Å². The molecule has 190 valence electrons. The second-order valence-corrected chi connectivity index (χ2v) is 11.5. The number of hydrogen-bond acceptors (Lipinski definition) is 5. The van der Waals surface area contributed by atoms with Crippen LogP contribution in [0.5, 0.6) is 0 Å². The molecule has 5 rings (SSSR count). The van der Waals surface area contributed by atoms with E-state index in [0.29, 0.717) is 42.0 Å². The number of H-pyrrole nitrogens is 1. The lowest BCUT2D eigenvalue weighted by molar-refractivity contribution is 0.0366. The summed E-state index contributed by atoms with van der Waals surface area (Å²) in [6.45, 7) is 6.00. The van der Waals surface area contributed by atoms with E-state index in [0.717, 1.165) is 16.7 Å². The van der Waals surface area contributed by atoms with Gasteiger partial charge in [-0.15, -0.1) is 0 Å². The second kappa shape index (κ2) is 9.52. The van der Waals surface area contributed by atoms with Crippen molar-refractivity contribution in [1.29, 1.82) is 0 Å². The zero-order valence-corrected chi connectivity index (χ0v) is 21.8. The number of nitrogens with zero attached hydrogens (tertiary/aromatic N) is 1. The number of rotatable bonds is 6. The normalized spacial score (nSPS) is 12.8. The quantitative estimate of drug-likeness (QED) is 0.375. The molecule has 2 heterocycles. The van der Waals surface area contributed by atoms with Crippen molar-refractivity contribution in [3.63, 3.8) is 0 Å². The molecule has 0 aliphatic heterocycles. The van der Waals surface area contributed by atoms with E-state index in [1.165, 1.54) is 18.2 Å². The minimum Gasteiger partial charge on any atom is -0.458 e. The molecular formula is C29H28N2O5S. The first-order chi connectivity index (χ1) is 17.6. The molecule has 0 spiro atoms. The molecule has 0 unspecified atom stereocenters. The van der Waals surface area contributed by atoms with Crippen molar-refractivity contribution in [2.45, 2.75) is 56.1 Å². The molecule has 37 heavy (non-hydrogen) atoms. The van der Waals surface area contributed by atoms with Crippen LogP contribution in [0.1, 0.15) is 46.6 Å². The van der Waals surface area contributed by atoms with Gasteiger partial charge in [-0.05, 0) is 74.6 Å². The fraction of sp³-hybridized carbons (Fsp3) is 0.241. The first kappa shape index (κ1) is 24.8. The van der Waals surface area contributed by atoms with E-state index in [-0.39, 0.29) is 15.9 Å². The van der Waals surface area contributed by atoms with E-state index in [2.05, 4.69) is 4.98 Å². The summed E-state index contributed by atoms with van der Waals surface area (Å²) in [5.41, 5.74) is 4.66. The van der Waals surface area contributed by atoms with Crippen molar-refractivity contribution in [2.24, 2.45) is 0 Å². The van der Waals surface area contributed by atoms with Gasteiger partial charge in [0.05, 0.1) is 22.4 Å². The highest BCUT2D eigenvalue weighted by Crippen LogP contribution is 2.36. The van der Waals surface area contributed by atoms with E-state index in [1.807, 2.05) is 41.8 Å². The van der Waals surface area contributed by atoms with Crippen LogP contribution in [0.2, 0.25) is 0 Å². The van der Waals surface area contributed by atoms with E-state index < -0.39 is 21.4 Å². The van der Waals surface area contributed by atoms with E-state index >= 15 is 0 Å². The van der Waals surface area contributed by atoms with Crippen LogP contribution in [0.3, 0.4) is 0 Å². The molecule has 0 atom stereocenters. The highest BCUT2D eigenvalue weighted by Gasteiger charge is 2.30. The highest BCUT2D eigenvalue weighted by atomic mass is 32.2. The number of hydrogen-bond donors (Lipinski definition) is 1. The van der Waals surface area contributed by atoms with Crippen molar-refractivity contribution < 1.29 is 17.9 Å². The molecule has 0 fully saturated rings. The van der Waals surface area contributed by atoms with Gasteiger partial charge in [-0.1, -0.05) is 48.0 Å². The number of pyridine rings is 1. The molecule has 0 saturated carbocycles. The molecule has 7 nitrogen and oxygen atoms in total. The third-order valence-electron chi connectivity index (χ3n) is 6.48. The Hall–Kier alpha value is -3.91. The van der Waals surface area contributed by atoms with Crippen LogP contribution in [-0.2, 0) is 34.0 Å². The molecule has 1 aliphatic rings. The van der Waals surface area contributed by atoms with Gasteiger partial charge in [-0.2, -0.15) is 0 Å². The number of esters is 1. The first-order valence-corrected chi connectivity index (χ1v) is 13.7. The standard InChI is InChI=1S/C29H28N2O5S/c1-18(2)36-29(33)24-15-22-13-12-21-16-25(37(34,35)23-10-5-4-6-11-23)28(32)30-26(21)27(22)31(24)17-20-9-7-8-19(3)14-20/h4-11,14-16,18H,12-13,17H2,1-3H3,(H,30,32). The maximum absolute atomic E-state index is 13.2. The number of aromatic nitrogens is 2. The van der Waals surface area contributed by atoms with Gasteiger partial charge in [0.2, 0.25) is 9.84 Å². The zero-order valence-electron chi connectivity index (χ0n) is 20.9. The van der Waals surface area contributed by atoms with Crippen molar-refractivity contribution in [2.75, 3.05) is 0 Å². The molecule has 1 N–H and O–H groups in total. The molecule has 2 aromatic heterocycles. The van der Waals surface area contributed by atoms with Crippen molar-refractivity contribution >= 4 is 15.8 Å². The van der Waals surface area contributed by atoms with E-state index in [4.69, 9.17) is 4.74 Å². The Morgan fingerprint density at radius 2 is 1.73 bits per heavy atom. The SMILES string of the molecule is Cc1cccc(Cn2c(C(=O)OC(C)C)cc3c2-c2[nH]c(=O)c(S(=O)(=O)c4ccccc4)cc2CC3)c1. The van der Waals surface area contributed by atoms with Crippen LogP contribution < -0.4 is 5.56 Å². The fourth-order valence-corrected chi connectivity index (χ4v) is 6.21. The van der Waals surface area contributed by atoms with Crippen LogP contribution in [-0.4, -0.2) is 30.0 Å². The van der Waals surface area contributed by atoms with Crippen molar-refractivity contribution in [3.05, 3.63) is 105 Å². The number of carbonyl (C=O) groups excluding carboxylic acids is 1. The minimum atomic E-state index is -3.99. The van der Waals surface area contributed by atoms with Crippen LogP contribution >= 0.6 is 0 Å². The van der Waals surface area contributed by atoms with Gasteiger partial charge in [0.1, 0.15) is 10.6 Å². The lowest BCUT2D eigenvalue weighted by Crippen LogP contribution is -2.23. The summed E-state index contributed by atoms with van der Waals surface area (Å²) in [6, 6.07) is 19.2. The molecule has 2 aromatic carbocycles. The lowest BCUT2D eigenvalue weighted by atomic mass is 9.94. The fourth-order valence-electron chi connectivity index (χ4n) is 4.85. The number of nitrogens with one attached hydrogen (secondary N) is 1. The Labute approximate surface area is 215 Å². The van der Waals surface area contributed by atoms with Gasteiger partial charge in [0, 0.05) is 6.54 Å². The van der Waals surface area contributed by atoms with Crippen LogP contribution in [0, 0.1) is 6.92 Å². The molecule has 8 heteroatoms. The Morgan fingerprint density at radius 1 is 1.00 bits per heavy atom. The van der Waals surface area contributed by atoms with Gasteiger partial charge in [0.15, 0.2) is 0 Å². The van der Waals surface area contributed by atoms with Gasteiger partial charge < -0.3 is 14.3 Å². The number of aromatic amines is 1. The average molecular weight is 517 g/mol. The largest absolute Gasteiger partial charge is 0.458 e. The molecular weight excluding hydrogens is 488 g/mol. The Morgan fingerprint density at radius 3 is 2.43 bits per heavy atom. The maximum atomic E-state index is 13.2. The molecule has 1 aliphatic carbocycles. The number of aryl methyl sites for hydroxylation is 3. The molecule has 0 saturated heterocycles. The molecule has 0 bridgehead atoms. The second-order valence-electron chi connectivity index (χ2n) is 9.61. The van der Waals surface area contributed by atoms with E-state index in [9.17, 15) is 18.0 Å². The smallest absolute Gasteiger partial charge is 0.355 e. The number of fused-ring (bicyclic) bond motifs is 3. The van der Waals surface area contributed by atoms with Crippen molar-refractivity contribution in [1.82, 2.24) is 9.55 Å². The number of benzene rings is 2. The predicted octanol–water partition coefficient (Wildman–Crippen LogP) is 4.70. The third kappa shape index (κ3) is 4.64. The van der Waals surface area contributed by atoms with Crippen LogP contribution in [0.4, 0.5) is 0 Å². The first-order valence-electron chi connectivity index (χ1n) is 12.2. The number of carbonyl (C=O) groups is 1. The van der Waals surface area contributed by atoms with Gasteiger partial charge in [-0.25, -0.2) is 13.2 Å². The molecule has 0 amide bonds. The molecule has 4 aromatic rings. The lowest BCUT2D eigenvalue weighted by Gasteiger charge is -2.21. The average Bonchev–Trinajstić information content (AvgIpc) is 3.22. The summed E-state index contributed by atoms with van der Waals surface area (Å²) in [5, 5.41) is 0. The summed E-state index contributed by atoms with van der Waals surface area (Å²) in [6.07, 6.45) is 0.843. The minimum absolute atomic E-state index is 0.0680. The third-order valence-corrected chi connectivity index (χ3v) is 8.26. The topological polar surface area (TPSA) is 98.2 Å². The van der Waals surface area contributed by atoms with E-state index in [1.54, 1.807) is 32.0 Å². The Balaban J connectivity index is 1.67. The number of ether oxygens (including phenoxy) is 1. The van der Waals surface area contributed by atoms with Gasteiger partial charge in [0.25, 0.3) is 5.56 Å². The van der Waals surface area contributed by atoms with Crippen molar-refractivity contribution in [3.8, 4) is 11.4 Å². The summed E-state index contributed by atoms with van der Waals surface area (Å²) in [5.74, 6) is -0.441. The summed E-state index contributed by atoms with van der Waals surface area (Å²) in [7, 11) is -3.99. The Kier molecular flexibility index (Phi) is 6.37. The summed E-state index contributed by atoms with van der Waals surface area (Å²) in [4.78, 5) is 28.9. The predicted molar refractivity (Wildman–Crippen MR) is 141 cm³/mol. The van der Waals surface area contributed by atoms with Gasteiger partial charge >= 0.3 is 5.97 Å². The zero-order chi connectivity index (χ0) is 26.3. The monoisotopic (exact) mass is 516 g/mol. The highest BCUT2D eigenvalue weighted by molar-refractivity contribution is 7.91. The summed E-state index contributed by atoms with van der Waals surface area (Å²) < 4.78 is 33.9. The molecule has 0 radical (unpaired) electrons. The number of sulfone groups is 1. The summed E-state index contributed by atoms with van der Waals surface area (Å²) >= 11 is 0. The Bertz CT molecular complexity index is 1660. The maximum Gasteiger partial charge on any atom is 0.355 e. The van der Waals surface area contributed by atoms with Gasteiger partial charge in [-0.3, -0.25) is 4.79 Å². The van der Waals surface area contributed by atoms with Crippen LogP contribution in [0.25, 0.3) is 11.4 Å².